The van der Waals surface area contributed by atoms with Crippen LogP contribution >= 0.6 is 0 Å². The van der Waals surface area contributed by atoms with Crippen LogP contribution in [-0.2, 0) is 13.1 Å². The van der Waals surface area contributed by atoms with Crippen molar-refractivity contribution < 1.29 is 0 Å². The first-order chi connectivity index (χ1) is 10.3. The van der Waals surface area contributed by atoms with Crippen molar-refractivity contribution in [2.24, 2.45) is 5.73 Å². The Labute approximate surface area is 128 Å². The van der Waals surface area contributed by atoms with Gasteiger partial charge in [0.05, 0.1) is 0 Å². The molecule has 1 unspecified atom stereocenters. The predicted molar refractivity (Wildman–Crippen MR) is 89.9 cm³/mol. The number of benzene rings is 2. The lowest BCUT2D eigenvalue weighted by atomic mass is 10.1. The van der Waals surface area contributed by atoms with E-state index in [-0.39, 0.29) is 0 Å². The molecule has 21 heavy (non-hydrogen) atoms. The van der Waals surface area contributed by atoms with Crippen LogP contribution in [0.5, 0.6) is 0 Å². The molecule has 0 fully saturated rings. The highest BCUT2D eigenvalue weighted by molar-refractivity contribution is 5.17. The fourth-order valence-electron chi connectivity index (χ4n) is 2.73. The van der Waals surface area contributed by atoms with Crippen molar-refractivity contribution in [3.63, 3.8) is 0 Å². The van der Waals surface area contributed by atoms with Crippen molar-refractivity contribution in [2.45, 2.75) is 38.9 Å². The molecule has 0 radical (unpaired) electrons. The van der Waals surface area contributed by atoms with Crippen LogP contribution in [0, 0.1) is 0 Å². The molecular formula is C19H26N2. The Morgan fingerprint density at radius 1 is 0.857 bits per heavy atom. The number of hydrogen-bond donors (Lipinski definition) is 1. The maximum Gasteiger partial charge on any atom is 0.0240 e. The van der Waals surface area contributed by atoms with Crippen molar-refractivity contribution >= 4 is 0 Å². The molecule has 0 amide bonds. The minimum absolute atomic E-state index is 0.440. The zero-order valence-electron chi connectivity index (χ0n) is 12.9. The Morgan fingerprint density at radius 3 is 1.71 bits per heavy atom. The Hall–Kier alpha value is -1.64. The Bertz CT molecular complexity index is 454. The second-order valence-corrected chi connectivity index (χ2v) is 5.55. The smallest absolute Gasteiger partial charge is 0.0240 e. The van der Waals surface area contributed by atoms with Crippen molar-refractivity contribution in [3.8, 4) is 0 Å². The molecule has 0 saturated carbocycles. The molecule has 0 saturated heterocycles. The van der Waals surface area contributed by atoms with Gasteiger partial charge >= 0.3 is 0 Å². The van der Waals surface area contributed by atoms with Gasteiger partial charge in [0.1, 0.15) is 0 Å². The van der Waals surface area contributed by atoms with E-state index in [0.29, 0.717) is 12.6 Å². The first kappa shape index (κ1) is 15.7. The third-order valence-electron chi connectivity index (χ3n) is 3.87. The fraction of sp³-hybridized carbons (Fsp3) is 0.368. The molecule has 0 aliphatic carbocycles. The van der Waals surface area contributed by atoms with E-state index in [1.54, 1.807) is 0 Å². The van der Waals surface area contributed by atoms with Crippen molar-refractivity contribution in [2.75, 3.05) is 6.54 Å². The van der Waals surface area contributed by atoms with Crippen LogP contribution in [0.1, 0.15) is 30.9 Å². The maximum atomic E-state index is 6.03. The van der Waals surface area contributed by atoms with E-state index in [0.717, 1.165) is 19.5 Å². The lowest BCUT2D eigenvalue weighted by Crippen LogP contribution is -2.39. The molecule has 0 spiro atoms. The molecule has 0 aliphatic heterocycles. The van der Waals surface area contributed by atoms with Gasteiger partial charge in [0.15, 0.2) is 0 Å². The average Bonchev–Trinajstić information content (AvgIpc) is 2.54. The van der Waals surface area contributed by atoms with E-state index in [9.17, 15) is 0 Å². The van der Waals surface area contributed by atoms with Crippen LogP contribution in [0.3, 0.4) is 0 Å². The predicted octanol–water partition coefficient (Wildman–Crippen LogP) is 3.82. The van der Waals surface area contributed by atoms with Gasteiger partial charge in [0.25, 0.3) is 0 Å². The maximum absolute atomic E-state index is 6.03. The summed E-state index contributed by atoms with van der Waals surface area (Å²) in [5, 5.41) is 0. The first-order valence-electron chi connectivity index (χ1n) is 7.85. The summed E-state index contributed by atoms with van der Waals surface area (Å²) in [4.78, 5) is 2.51. The highest BCUT2D eigenvalue weighted by Crippen LogP contribution is 2.16. The quantitative estimate of drug-likeness (QED) is 0.797. The zero-order chi connectivity index (χ0) is 14.9. The van der Waals surface area contributed by atoms with Crippen LogP contribution in [0.15, 0.2) is 60.7 Å². The first-order valence-corrected chi connectivity index (χ1v) is 7.85. The molecule has 2 N–H and O–H groups in total. The molecule has 2 rings (SSSR count). The van der Waals surface area contributed by atoms with Crippen molar-refractivity contribution in [3.05, 3.63) is 71.8 Å². The number of rotatable bonds is 8. The third-order valence-corrected chi connectivity index (χ3v) is 3.87. The fourth-order valence-corrected chi connectivity index (χ4v) is 2.73. The minimum Gasteiger partial charge on any atom is -0.329 e. The number of hydrogen-bond acceptors (Lipinski definition) is 2. The van der Waals surface area contributed by atoms with Crippen molar-refractivity contribution in [1.82, 2.24) is 4.90 Å². The summed E-state index contributed by atoms with van der Waals surface area (Å²) in [6.45, 7) is 4.86. The Kier molecular flexibility index (Phi) is 6.45. The molecule has 0 bridgehead atoms. The molecule has 112 valence electrons. The molecule has 2 heteroatoms. The highest BCUT2D eigenvalue weighted by atomic mass is 15.2. The normalized spacial score (nSPS) is 12.5. The van der Waals surface area contributed by atoms with Gasteiger partial charge in [-0.1, -0.05) is 74.0 Å². The summed E-state index contributed by atoms with van der Waals surface area (Å²) >= 11 is 0. The summed E-state index contributed by atoms with van der Waals surface area (Å²) in [6, 6.07) is 21.8. The lowest BCUT2D eigenvalue weighted by Gasteiger charge is -2.31. The van der Waals surface area contributed by atoms with Crippen LogP contribution in [-0.4, -0.2) is 17.5 Å². The van der Waals surface area contributed by atoms with E-state index >= 15 is 0 Å². The molecular weight excluding hydrogens is 256 g/mol. The van der Waals surface area contributed by atoms with Gasteiger partial charge in [-0.2, -0.15) is 0 Å². The van der Waals surface area contributed by atoms with Gasteiger partial charge in [-0.25, -0.2) is 0 Å². The summed E-state index contributed by atoms with van der Waals surface area (Å²) in [5.41, 5.74) is 8.73. The van der Waals surface area contributed by atoms with E-state index in [4.69, 9.17) is 5.73 Å². The molecule has 0 aromatic heterocycles. The van der Waals surface area contributed by atoms with Gasteiger partial charge in [-0.3, -0.25) is 4.90 Å². The zero-order valence-corrected chi connectivity index (χ0v) is 12.9. The van der Waals surface area contributed by atoms with E-state index in [1.807, 2.05) is 0 Å². The number of nitrogens with zero attached hydrogens (tertiary/aromatic N) is 1. The summed E-state index contributed by atoms with van der Waals surface area (Å²) in [7, 11) is 0. The second kappa shape index (κ2) is 8.60. The van der Waals surface area contributed by atoms with Gasteiger partial charge in [0, 0.05) is 25.7 Å². The van der Waals surface area contributed by atoms with Gasteiger partial charge < -0.3 is 5.73 Å². The van der Waals surface area contributed by atoms with Crippen LogP contribution in [0.2, 0.25) is 0 Å². The summed E-state index contributed by atoms with van der Waals surface area (Å²) in [6.07, 6.45) is 2.32. The van der Waals surface area contributed by atoms with Crippen LogP contribution < -0.4 is 5.73 Å². The minimum atomic E-state index is 0.440. The van der Waals surface area contributed by atoms with Gasteiger partial charge in [-0.05, 0) is 17.5 Å². The van der Waals surface area contributed by atoms with E-state index in [1.165, 1.54) is 17.5 Å². The number of nitrogens with two attached hydrogens (primary N) is 1. The van der Waals surface area contributed by atoms with Gasteiger partial charge in [0.2, 0.25) is 0 Å². The Morgan fingerprint density at radius 2 is 1.33 bits per heavy atom. The van der Waals surface area contributed by atoms with Crippen LogP contribution in [0.4, 0.5) is 0 Å². The molecule has 2 nitrogen and oxygen atoms in total. The molecule has 2 aromatic carbocycles. The molecule has 0 heterocycles. The largest absolute Gasteiger partial charge is 0.329 e. The molecule has 0 aliphatic rings. The SMILES string of the molecule is CCCC(CN)N(Cc1ccccc1)Cc1ccccc1. The standard InChI is InChI=1S/C19H26N2/c1-2-9-19(14-20)21(15-17-10-5-3-6-11-17)16-18-12-7-4-8-13-18/h3-8,10-13,19H,2,9,14-16,20H2,1H3. The second-order valence-electron chi connectivity index (χ2n) is 5.55. The van der Waals surface area contributed by atoms with Crippen molar-refractivity contribution in [1.29, 1.82) is 0 Å². The van der Waals surface area contributed by atoms with E-state index < -0.39 is 0 Å². The lowest BCUT2D eigenvalue weighted by molar-refractivity contribution is 0.172. The third kappa shape index (κ3) is 5.00. The van der Waals surface area contributed by atoms with Crippen LogP contribution in [0.25, 0.3) is 0 Å². The monoisotopic (exact) mass is 282 g/mol. The highest BCUT2D eigenvalue weighted by Gasteiger charge is 2.17. The molecule has 1 atom stereocenters. The topological polar surface area (TPSA) is 29.3 Å². The van der Waals surface area contributed by atoms with E-state index in [2.05, 4.69) is 72.5 Å². The Balaban J connectivity index is 2.13. The summed E-state index contributed by atoms with van der Waals surface area (Å²) < 4.78 is 0. The summed E-state index contributed by atoms with van der Waals surface area (Å²) in [5.74, 6) is 0. The van der Waals surface area contributed by atoms with Gasteiger partial charge in [-0.15, -0.1) is 0 Å². The average molecular weight is 282 g/mol. The molecule has 2 aromatic rings.